The van der Waals surface area contributed by atoms with Gasteiger partial charge in [-0.3, -0.25) is 4.79 Å². The molecule has 6 heteroatoms. The predicted octanol–water partition coefficient (Wildman–Crippen LogP) is 6.11. The van der Waals surface area contributed by atoms with E-state index in [4.69, 9.17) is 23.7 Å². The van der Waals surface area contributed by atoms with Gasteiger partial charge in [-0.05, 0) is 58.4 Å². The molecule has 0 bridgehead atoms. The number of methoxy groups -OCH3 is 3. The van der Waals surface area contributed by atoms with Gasteiger partial charge in [0, 0.05) is 17.2 Å². The summed E-state index contributed by atoms with van der Waals surface area (Å²) in [5, 5.41) is 0. The van der Waals surface area contributed by atoms with Gasteiger partial charge in [-0.25, -0.2) is 0 Å². The monoisotopic (exact) mass is 464 g/mol. The molecule has 0 N–H and O–H groups in total. The summed E-state index contributed by atoms with van der Waals surface area (Å²) in [7, 11) is 4.77. The molecular weight excluding hydrogens is 432 g/mol. The third-order valence-corrected chi connectivity index (χ3v) is 6.12. The van der Waals surface area contributed by atoms with Gasteiger partial charge < -0.3 is 23.7 Å². The topological polar surface area (TPSA) is 63.2 Å². The van der Waals surface area contributed by atoms with Gasteiger partial charge in [0.25, 0.3) is 0 Å². The van der Waals surface area contributed by atoms with Gasteiger partial charge in [-0.1, -0.05) is 11.6 Å². The molecule has 0 aliphatic carbocycles. The number of fused-ring (bicyclic) bond motifs is 2. The van der Waals surface area contributed by atoms with Crippen LogP contribution in [0.25, 0.3) is 6.08 Å². The molecule has 0 saturated heterocycles. The van der Waals surface area contributed by atoms with E-state index in [0.29, 0.717) is 40.7 Å². The SMILES string of the molecule is COc1ccc([C@@H]2CC(=O)c3c(OC)c4c(c(CC=C(C)C)c3O2)OC(C)(C)C=C4)c(OC)c1. The van der Waals surface area contributed by atoms with Gasteiger partial charge >= 0.3 is 0 Å². The molecule has 0 radical (unpaired) electrons. The van der Waals surface area contributed by atoms with Gasteiger partial charge in [0.1, 0.15) is 46.0 Å². The second kappa shape index (κ2) is 9.09. The van der Waals surface area contributed by atoms with Gasteiger partial charge in [0.05, 0.1) is 33.3 Å². The normalized spacial score (nSPS) is 17.6. The molecule has 2 aromatic carbocycles. The van der Waals surface area contributed by atoms with Crippen molar-refractivity contribution >= 4 is 11.9 Å². The summed E-state index contributed by atoms with van der Waals surface area (Å²) in [4.78, 5) is 13.6. The molecule has 6 nitrogen and oxygen atoms in total. The standard InChI is InChI=1S/C28H32O6/c1-16(2)8-10-19-25-20(12-13-28(3,4)34-25)26(32-7)24-21(29)15-23(33-27(19)24)18-11-9-17(30-5)14-22(18)31-6/h8-9,11-14,23H,10,15H2,1-7H3/t23-/m0/s1. The number of carbonyl (C=O) groups is 1. The van der Waals surface area contributed by atoms with Crippen molar-refractivity contribution in [1.29, 1.82) is 0 Å². The Balaban J connectivity index is 1.92. The largest absolute Gasteiger partial charge is 0.497 e. The summed E-state index contributed by atoms with van der Waals surface area (Å²) in [5.41, 5.74) is 3.54. The maximum atomic E-state index is 13.6. The van der Waals surface area contributed by atoms with Crippen molar-refractivity contribution in [3.8, 4) is 28.7 Å². The lowest BCUT2D eigenvalue weighted by Gasteiger charge is -2.35. The first-order chi connectivity index (χ1) is 16.2. The lowest BCUT2D eigenvalue weighted by atomic mass is 9.88. The fourth-order valence-electron chi connectivity index (χ4n) is 4.41. The Morgan fingerprint density at radius 2 is 1.88 bits per heavy atom. The van der Waals surface area contributed by atoms with E-state index in [1.54, 1.807) is 27.4 Å². The summed E-state index contributed by atoms with van der Waals surface area (Å²) in [5.74, 6) is 2.93. The van der Waals surface area contributed by atoms with Crippen LogP contribution in [0, 0.1) is 0 Å². The molecular formula is C28H32O6. The highest BCUT2D eigenvalue weighted by atomic mass is 16.5. The molecule has 4 rings (SSSR count). The smallest absolute Gasteiger partial charge is 0.174 e. The number of hydrogen-bond acceptors (Lipinski definition) is 6. The maximum absolute atomic E-state index is 13.6. The Bertz CT molecular complexity index is 1180. The first-order valence-electron chi connectivity index (χ1n) is 11.4. The molecule has 0 fully saturated rings. The van der Waals surface area contributed by atoms with Crippen molar-refractivity contribution in [1.82, 2.24) is 0 Å². The van der Waals surface area contributed by atoms with Gasteiger partial charge in [0.2, 0.25) is 0 Å². The average molecular weight is 465 g/mol. The predicted molar refractivity (Wildman–Crippen MR) is 132 cm³/mol. The summed E-state index contributed by atoms with van der Waals surface area (Å²) in [6, 6.07) is 5.52. The maximum Gasteiger partial charge on any atom is 0.174 e. The number of carbonyl (C=O) groups excluding carboxylic acids is 1. The lowest BCUT2D eigenvalue weighted by molar-refractivity contribution is 0.0835. The zero-order valence-corrected chi connectivity index (χ0v) is 20.9. The Morgan fingerprint density at radius 1 is 1.12 bits per heavy atom. The van der Waals surface area contributed by atoms with Crippen LogP contribution in [0.1, 0.15) is 67.3 Å². The van der Waals surface area contributed by atoms with Crippen LogP contribution in [-0.2, 0) is 6.42 Å². The molecule has 0 aromatic heterocycles. The van der Waals surface area contributed by atoms with Crippen LogP contribution in [0.5, 0.6) is 28.7 Å². The quantitative estimate of drug-likeness (QED) is 0.481. The average Bonchev–Trinajstić information content (AvgIpc) is 2.80. The molecule has 2 aliphatic rings. The van der Waals surface area contributed by atoms with Crippen molar-refractivity contribution < 1.29 is 28.5 Å². The lowest BCUT2D eigenvalue weighted by Crippen LogP contribution is -2.30. The van der Waals surface area contributed by atoms with E-state index >= 15 is 0 Å². The molecule has 0 spiro atoms. The number of Topliss-reactive ketones (excluding diaryl/α,β-unsaturated/α-hetero) is 1. The van der Waals surface area contributed by atoms with Gasteiger partial charge in [-0.15, -0.1) is 0 Å². The minimum Gasteiger partial charge on any atom is -0.497 e. The van der Waals surface area contributed by atoms with E-state index in [1.165, 1.54) is 5.57 Å². The number of rotatable bonds is 6. The highest BCUT2D eigenvalue weighted by Crippen LogP contribution is 2.52. The first-order valence-corrected chi connectivity index (χ1v) is 11.4. The Hall–Kier alpha value is -3.41. The van der Waals surface area contributed by atoms with E-state index < -0.39 is 11.7 Å². The van der Waals surface area contributed by atoms with E-state index in [0.717, 1.165) is 16.7 Å². The summed E-state index contributed by atoms with van der Waals surface area (Å²) < 4.78 is 29.7. The molecule has 34 heavy (non-hydrogen) atoms. The number of benzene rings is 2. The number of ether oxygens (including phenoxy) is 5. The van der Waals surface area contributed by atoms with Crippen molar-refractivity contribution in [2.45, 2.75) is 52.2 Å². The summed E-state index contributed by atoms with van der Waals surface area (Å²) >= 11 is 0. The van der Waals surface area contributed by atoms with E-state index in [1.807, 2.05) is 52.0 Å². The van der Waals surface area contributed by atoms with Crippen LogP contribution in [-0.4, -0.2) is 32.7 Å². The molecule has 2 aliphatic heterocycles. The van der Waals surface area contributed by atoms with E-state index in [9.17, 15) is 4.79 Å². The van der Waals surface area contributed by atoms with Crippen LogP contribution >= 0.6 is 0 Å². The number of hydrogen-bond donors (Lipinski definition) is 0. The molecule has 0 amide bonds. The summed E-state index contributed by atoms with van der Waals surface area (Å²) in [6.07, 6.45) is 6.30. The molecule has 1 atom stereocenters. The zero-order chi connectivity index (χ0) is 24.6. The highest BCUT2D eigenvalue weighted by molar-refractivity contribution is 6.05. The zero-order valence-electron chi connectivity index (χ0n) is 20.9. The van der Waals surface area contributed by atoms with Crippen molar-refractivity contribution in [3.05, 3.63) is 58.2 Å². The highest BCUT2D eigenvalue weighted by Gasteiger charge is 2.39. The van der Waals surface area contributed by atoms with Crippen LogP contribution in [0.4, 0.5) is 0 Å². The van der Waals surface area contributed by atoms with Gasteiger partial charge in [-0.2, -0.15) is 0 Å². The van der Waals surface area contributed by atoms with Crippen molar-refractivity contribution in [2.24, 2.45) is 0 Å². The molecule has 2 heterocycles. The van der Waals surface area contributed by atoms with Crippen molar-refractivity contribution in [3.63, 3.8) is 0 Å². The van der Waals surface area contributed by atoms with Crippen LogP contribution in [0.2, 0.25) is 0 Å². The Labute approximate surface area is 201 Å². The fourth-order valence-corrected chi connectivity index (χ4v) is 4.41. The Morgan fingerprint density at radius 3 is 2.53 bits per heavy atom. The van der Waals surface area contributed by atoms with E-state index in [2.05, 4.69) is 6.08 Å². The number of ketones is 1. The minimum absolute atomic E-state index is 0.0412. The van der Waals surface area contributed by atoms with Crippen LogP contribution in [0.15, 0.2) is 35.9 Å². The molecule has 0 saturated carbocycles. The van der Waals surface area contributed by atoms with Gasteiger partial charge in [0.15, 0.2) is 5.78 Å². The molecule has 2 aromatic rings. The third kappa shape index (κ3) is 4.25. The second-order valence-electron chi connectivity index (χ2n) is 9.32. The summed E-state index contributed by atoms with van der Waals surface area (Å²) in [6.45, 7) is 8.09. The third-order valence-electron chi connectivity index (χ3n) is 6.12. The number of allylic oxidation sites excluding steroid dienone is 2. The Kier molecular flexibility index (Phi) is 6.34. The van der Waals surface area contributed by atoms with Crippen molar-refractivity contribution in [2.75, 3.05) is 21.3 Å². The molecule has 0 unspecified atom stereocenters. The minimum atomic E-state index is -0.513. The van der Waals surface area contributed by atoms with E-state index in [-0.39, 0.29) is 12.2 Å². The van der Waals surface area contributed by atoms with Crippen LogP contribution < -0.4 is 23.7 Å². The van der Waals surface area contributed by atoms with Crippen LogP contribution in [0.3, 0.4) is 0 Å². The second-order valence-corrected chi connectivity index (χ2v) is 9.32. The fraction of sp³-hybridized carbons (Fsp3) is 0.393. The molecule has 180 valence electrons. The first kappa shape index (κ1) is 23.7.